The van der Waals surface area contributed by atoms with Gasteiger partial charge in [-0.15, -0.1) is 11.3 Å². The summed E-state index contributed by atoms with van der Waals surface area (Å²) in [6.45, 7) is 0. The minimum absolute atomic E-state index is 0.0661. The number of likely N-dealkylation sites (tertiary alicyclic amines) is 1. The molecule has 120 valence electrons. The fourth-order valence-corrected chi connectivity index (χ4v) is 4.11. The molecular formula is C19H17N3OS. The SMILES string of the molecule is N=C1CCC(c2ccccc2)N1C(=O)Nc1csc2ccccc12. The van der Waals surface area contributed by atoms with Gasteiger partial charge in [-0.3, -0.25) is 10.3 Å². The number of nitrogens with zero attached hydrogens (tertiary/aromatic N) is 1. The zero-order valence-electron chi connectivity index (χ0n) is 13.0. The molecule has 1 aliphatic rings. The summed E-state index contributed by atoms with van der Waals surface area (Å²) in [6.07, 6.45) is 1.41. The standard InChI is InChI=1S/C19H17N3OS/c20-18-11-10-16(13-6-2-1-3-7-13)22(18)19(23)21-15-12-24-17-9-5-4-8-14(15)17/h1-9,12,16,20H,10-11H2,(H,21,23). The van der Waals surface area contributed by atoms with Crippen LogP contribution in [-0.4, -0.2) is 16.8 Å². The Kier molecular flexibility index (Phi) is 3.78. The van der Waals surface area contributed by atoms with E-state index in [-0.39, 0.29) is 12.1 Å². The smallest absolute Gasteiger partial charge is 0.306 e. The third-order valence-corrected chi connectivity index (χ3v) is 5.35. The number of rotatable bonds is 2. The fraction of sp³-hybridized carbons (Fsp3) is 0.158. The first-order valence-electron chi connectivity index (χ1n) is 7.93. The third-order valence-electron chi connectivity index (χ3n) is 4.38. The first kappa shape index (κ1) is 14.9. The molecule has 0 bridgehead atoms. The molecule has 0 aliphatic carbocycles. The zero-order chi connectivity index (χ0) is 16.5. The lowest BCUT2D eigenvalue weighted by Gasteiger charge is -2.25. The highest BCUT2D eigenvalue weighted by atomic mass is 32.1. The fourth-order valence-electron chi connectivity index (χ4n) is 3.22. The molecule has 24 heavy (non-hydrogen) atoms. The summed E-state index contributed by atoms with van der Waals surface area (Å²) in [4.78, 5) is 14.4. The number of amidine groups is 1. The van der Waals surface area contributed by atoms with Crippen LogP contribution in [0.1, 0.15) is 24.4 Å². The highest BCUT2D eigenvalue weighted by Gasteiger charge is 2.34. The average molecular weight is 335 g/mol. The summed E-state index contributed by atoms with van der Waals surface area (Å²) in [5.41, 5.74) is 1.89. The molecule has 4 nitrogen and oxygen atoms in total. The maximum atomic E-state index is 12.8. The Labute approximate surface area is 144 Å². The molecule has 1 fully saturated rings. The highest BCUT2D eigenvalue weighted by Crippen LogP contribution is 2.35. The van der Waals surface area contributed by atoms with E-state index in [2.05, 4.69) is 5.32 Å². The van der Waals surface area contributed by atoms with Gasteiger partial charge in [0.1, 0.15) is 5.84 Å². The van der Waals surface area contributed by atoms with Gasteiger partial charge >= 0.3 is 6.03 Å². The molecule has 1 saturated heterocycles. The molecular weight excluding hydrogens is 318 g/mol. The first-order valence-corrected chi connectivity index (χ1v) is 8.81. The summed E-state index contributed by atoms with van der Waals surface area (Å²) >= 11 is 1.61. The van der Waals surface area contributed by atoms with Crippen molar-refractivity contribution in [3.63, 3.8) is 0 Å². The second kappa shape index (κ2) is 6.09. The van der Waals surface area contributed by atoms with Gasteiger partial charge in [-0.25, -0.2) is 4.79 Å². The molecule has 0 saturated carbocycles. The van der Waals surface area contributed by atoms with Crippen molar-refractivity contribution in [2.45, 2.75) is 18.9 Å². The number of thiophene rings is 1. The number of hydrogen-bond donors (Lipinski definition) is 2. The van der Waals surface area contributed by atoms with E-state index in [1.807, 2.05) is 60.0 Å². The van der Waals surface area contributed by atoms with E-state index >= 15 is 0 Å². The molecule has 1 aliphatic heterocycles. The van der Waals surface area contributed by atoms with Gasteiger partial charge in [0.15, 0.2) is 0 Å². The van der Waals surface area contributed by atoms with Crippen LogP contribution in [0.15, 0.2) is 60.0 Å². The Bertz CT molecular complexity index is 903. The molecule has 2 amide bonds. The summed E-state index contributed by atoms with van der Waals surface area (Å²) in [5.74, 6) is 0.376. The van der Waals surface area contributed by atoms with Crippen molar-refractivity contribution in [3.05, 3.63) is 65.5 Å². The maximum Gasteiger partial charge on any atom is 0.327 e. The van der Waals surface area contributed by atoms with Crippen molar-refractivity contribution < 1.29 is 4.79 Å². The molecule has 3 aromatic rings. The van der Waals surface area contributed by atoms with Crippen LogP contribution < -0.4 is 5.32 Å². The Morgan fingerprint density at radius 2 is 1.88 bits per heavy atom. The number of benzene rings is 2. The van der Waals surface area contributed by atoms with E-state index < -0.39 is 0 Å². The van der Waals surface area contributed by atoms with Crippen LogP contribution >= 0.6 is 11.3 Å². The molecule has 1 aromatic heterocycles. The van der Waals surface area contributed by atoms with E-state index in [1.54, 1.807) is 16.2 Å². The van der Waals surface area contributed by atoms with Crippen molar-refractivity contribution in [1.29, 1.82) is 5.41 Å². The van der Waals surface area contributed by atoms with Crippen LogP contribution in [0.25, 0.3) is 10.1 Å². The number of carbonyl (C=O) groups excluding carboxylic acids is 1. The van der Waals surface area contributed by atoms with Crippen molar-refractivity contribution in [2.24, 2.45) is 0 Å². The monoisotopic (exact) mass is 335 g/mol. The lowest BCUT2D eigenvalue weighted by molar-refractivity contribution is 0.225. The number of fused-ring (bicyclic) bond motifs is 1. The molecule has 4 rings (SSSR count). The first-order chi connectivity index (χ1) is 11.7. The van der Waals surface area contributed by atoms with E-state index in [9.17, 15) is 4.79 Å². The van der Waals surface area contributed by atoms with Crippen LogP contribution in [0.3, 0.4) is 0 Å². The average Bonchev–Trinajstić information content (AvgIpc) is 3.20. The van der Waals surface area contributed by atoms with Gasteiger partial charge in [0.25, 0.3) is 0 Å². The van der Waals surface area contributed by atoms with Crippen molar-refractivity contribution >= 4 is 39.0 Å². The van der Waals surface area contributed by atoms with Crippen molar-refractivity contribution in [1.82, 2.24) is 4.90 Å². The Hall–Kier alpha value is -2.66. The third kappa shape index (κ3) is 2.57. The van der Waals surface area contributed by atoms with Gasteiger partial charge in [0.05, 0.1) is 11.7 Å². The molecule has 2 N–H and O–H groups in total. The normalized spacial score (nSPS) is 17.4. The largest absolute Gasteiger partial charge is 0.327 e. The Balaban J connectivity index is 1.61. The molecule has 0 spiro atoms. The molecule has 1 atom stereocenters. The second-order valence-corrected chi connectivity index (χ2v) is 6.77. The topological polar surface area (TPSA) is 56.2 Å². The number of urea groups is 1. The highest BCUT2D eigenvalue weighted by molar-refractivity contribution is 7.17. The van der Waals surface area contributed by atoms with Crippen LogP contribution in [0, 0.1) is 5.41 Å². The summed E-state index contributed by atoms with van der Waals surface area (Å²) < 4.78 is 1.14. The minimum Gasteiger partial charge on any atom is -0.306 e. The molecule has 5 heteroatoms. The second-order valence-electron chi connectivity index (χ2n) is 5.86. The molecule has 0 radical (unpaired) electrons. The van der Waals surface area contributed by atoms with Crippen LogP contribution in [-0.2, 0) is 0 Å². The van der Waals surface area contributed by atoms with E-state index in [0.717, 1.165) is 27.8 Å². The summed E-state index contributed by atoms with van der Waals surface area (Å²) in [6, 6.07) is 17.7. The molecule has 2 aromatic carbocycles. The number of carbonyl (C=O) groups is 1. The number of anilines is 1. The Morgan fingerprint density at radius 1 is 1.12 bits per heavy atom. The molecule has 1 unspecified atom stereocenters. The van der Waals surface area contributed by atoms with E-state index in [1.165, 1.54) is 0 Å². The Morgan fingerprint density at radius 3 is 2.71 bits per heavy atom. The van der Waals surface area contributed by atoms with Crippen LogP contribution in [0.2, 0.25) is 0 Å². The van der Waals surface area contributed by atoms with Gasteiger partial charge in [-0.2, -0.15) is 0 Å². The maximum absolute atomic E-state index is 12.8. The van der Waals surface area contributed by atoms with Crippen molar-refractivity contribution in [2.75, 3.05) is 5.32 Å². The van der Waals surface area contributed by atoms with Gasteiger partial charge < -0.3 is 5.32 Å². The number of hydrogen-bond acceptors (Lipinski definition) is 3. The van der Waals surface area contributed by atoms with Gasteiger partial charge in [0, 0.05) is 21.9 Å². The predicted molar refractivity (Wildman–Crippen MR) is 98.8 cm³/mol. The van der Waals surface area contributed by atoms with Crippen molar-refractivity contribution in [3.8, 4) is 0 Å². The number of nitrogens with one attached hydrogen (secondary N) is 2. The van der Waals surface area contributed by atoms with Gasteiger partial charge in [-0.05, 0) is 18.1 Å². The molecule has 2 heterocycles. The lowest BCUT2D eigenvalue weighted by atomic mass is 10.1. The predicted octanol–water partition coefficient (Wildman–Crippen LogP) is 5.25. The van der Waals surface area contributed by atoms with Crippen LogP contribution in [0.5, 0.6) is 0 Å². The van der Waals surface area contributed by atoms with Gasteiger partial charge in [0.2, 0.25) is 0 Å². The van der Waals surface area contributed by atoms with E-state index in [0.29, 0.717) is 12.3 Å². The summed E-state index contributed by atoms with van der Waals surface area (Å²) in [5, 5.41) is 14.2. The van der Waals surface area contributed by atoms with Gasteiger partial charge in [-0.1, -0.05) is 48.5 Å². The van der Waals surface area contributed by atoms with E-state index in [4.69, 9.17) is 5.41 Å². The summed E-state index contributed by atoms with van der Waals surface area (Å²) in [7, 11) is 0. The van der Waals surface area contributed by atoms with Crippen LogP contribution in [0.4, 0.5) is 10.5 Å². The minimum atomic E-state index is -0.227. The quantitative estimate of drug-likeness (QED) is 0.660. The zero-order valence-corrected chi connectivity index (χ0v) is 13.8. The number of amides is 2. The lowest BCUT2D eigenvalue weighted by Crippen LogP contribution is -2.37.